The number of ether oxygens (including phenoxy) is 2. The maximum absolute atomic E-state index is 13.3. The van der Waals surface area contributed by atoms with Crippen LogP contribution in [0.5, 0.6) is 5.75 Å². The van der Waals surface area contributed by atoms with Crippen LogP contribution in [0, 0.1) is 5.82 Å². The van der Waals surface area contributed by atoms with Crippen LogP contribution in [0.3, 0.4) is 0 Å². The van der Waals surface area contributed by atoms with Crippen molar-refractivity contribution in [1.29, 1.82) is 0 Å². The molecular weight excluding hydrogens is 279 g/mol. The lowest BCUT2D eigenvalue weighted by Gasteiger charge is -2.32. The molecule has 1 fully saturated rings. The van der Waals surface area contributed by atoms with Gasteiger partial charge in [0.25, 0.3) is 5.89 Å². The third-order valence-corrected chi connectivity index (χ3v) is 3.71. The van der Waals surface area contributed by atoms with Crippen molar-refractivity contribution in [3.8, 4) is 17.2 Å². The Bertz CT molecular complexity index is 638. The highest BCUT2D eigenvalue weighted by atomic mass is 19.1. The predicted octanol–water partition coefficient (Wildman–Crippen LogP) is 2.23. The monoisotopic (exact) mass is 294 g/mol. The van der Waals surface area contributed by atoms with Gasteiger partial charge in [-0.15, -0.1) is 0 Å². The number of phenols is 1. The lowest BCUT2D eigenvalue weighted by molar-refractivity contribution is -0.101. The van der Waals surface area contributed by atoms with E-state index in [1.807, 2.05) is 0 Å². The van der Waals surface area contributed by atoms with Gasteiger partial charge in [-0.05, 0) is 18.2 Å². The highest BCUT2D eigenvalue weighted by molar-refractivity contribution is 5.61. The van der Waals surface area contributed by atoms with E-state index < -0.39 is 11.4 Å². The highest BCUT2D eigenvalue weighted by Crippen LogP contribution is 2.36. The molecule has 0 radical (unpaired) electrons. The molecule has 1 aliphatic heterocycles. The topological polar surface area (TPSA) is 77.6 Å². The third kappa shape index (κ3) is 2.50. The zero-order valence-corrected chi connectivity index (χ0v) is 11.5. The summed E-state index contributed by atoms with van der Waals surface area (Å²) in [5.74, 6) is -0.169. The number of phenolic OH excluding ortho intramolecular Hbond substituents is 1. The molecule has 112 valence electrons. The zero-order chi connectivity index (χ0) is 14.9. The lowest BCUT2D eigenvalue weighted by Crippen LogP contribution is -2.36. The maximum Gasteiger partial charge on any atom is 0.261 e. The molecule has 0 atom stereocenters. The minimum absolute atomic E-state index is 0.0601. The first-order valence-electron chi connectivity index (χ1n) is 6.60. The summed E-state index contributed by atoms with van der Waals surface area (Å²) < 4.78 is 29.3. The molecule has 1 N–H and O–H groups in total. The Labute approximate surface area is 120 Å². The molecule has 0 amide bonds. The van der Waals surface area contributed by atoms with Gasteiger partial charge in [0.15, 0.2) is 0 Å². The van der Waals surface area contributed by atoms with E-state index in [1.54, 1.807) is 7.11 Å². The molecule has 2 aromatic rings. The molecule has 1 aliphatic rings. The fourth-order valence-corrected chi connectivity index (χ4v) is 2.42. The van der Waals surface area contributed by atoms with Gasteiger partial charge in [0.1, 0.15) is 17.2 Å². The van der Waals surface area contributed by atoms with E-state index in [4.69, 9.17) is 14.0 Å². The van der Waals surface area contributed by atoms with Gasteiger partial charge >= 0.3 is 0 Å². The molecular formula is C14H15FN2O4. The Morgan fingerprint density at radius 1 is 1.33 bits per heavy atom. The lowest BCUT2D eigenvalue weighted by atomic mass is 9.93. The number of hydrogen-bond donors (Lipinski definition) is 1. The molecule has 0 saturated carbocycles. The molecule has 0 bridgehead atoms. The van der Waals surface area contributed by atoms with Crippen LogP contribution in [0.2, 0.25) is 0 Å². The van der Waals surface area contributed by atoms with Crippen LogP contribution in [-0.2, 0) is 15.1 Å². The quantitative estimate of drug-likeness (QED) is 0.935. The van der Waals surface area contributed by atoms with Crippen molar-refractivity contribution in [2.75, 3.05) is 20.3 Å². The van der Waals surface area contributed by atoms with Crippen molar-refractivity contribution >= 4 is 0 Å². The molecule has 6 nitrogen and oxygen atoms in total. The first-order chi connectivity index (χ1) is 10.1. The molecule has 7 heteroatoms. The summed E-state index contributed by atoms with van der Waals surface area (Å²) in [4.78, 5) is 4.26. The molecule has 1 aromatic carbocycles. The number of aromatic nitrogens is 2. The number of aromatic hydroxyl groups is 1. The summed E-state index contributed by atoms with van der Waals surface area (Å²) >= 11 is 0. The molecule has 2 heterocycles. The van der Waals surface area contributed by atoms with E-state index in [0.717, 1.165) is 12.1 Å². The van der Waals surface area contributed by atoms with E-state index in [1.165, 1.54) is 6.07 Å². The van der Waals surface area contributed by atoms with Gasteiger partial charge < -0.3 is 19.1 Å². The second-order valence-electron chi connectivity index (χ2n) is 4.90. The van der Waals surface area contributed by atoms with Crippen LogP contribution < -0.4 is 0 Å². The second kappa shape index (κ2) is 5.42. The van der Waals surface area contributed by atoms with Crippen molar-refractivity contribution in [3.05, 3.63) is 29.8 Å². The number of halogens is 1. The fraction of sp³-hybridized carbons (Fsp3) is 0.429. The summed E-state index contributed by atoms with van der Waals surface area (Å²) in [6.45, 7) is 1.09. The normalized spacial score (nSPS) is 17.8. The Balaban J connectivity index is 1.97. The third-order valence-electron chi connectivity index (χ3n) is 3.71. The molecule has 1 saturated heterocycles. The number of hydrogen-bond acceptors (Lipinski definition) is 6. The van der Waals surface area contributed by atoms with E-state index in [-0.39, 0.29) is 17.2 Å². The van der Waals surface area contributed by atoms with Gasteiger partial charge in [-0.25, -0.2) is 4.39 Å². The number of rotatable bonds is 3. The minimum Gasteiger partial charge on any atom is -0.507 e. The molecule has 21 heavy (non-hydrogen) atoms. The van der Waals surface area contributed by atoms with Gasteiger partial charge in [0.05, 0.1) is 5.56 Å². The maximum atomic E-state index is 13.3. The fourth-order valence-electron chi connectivity index (χ4n) is 2.42. The van der Waals surface area contributed by atoms with E-state index in [9.17, 15) is 9.50 Å². The van der Waals surface area contributed by atoms with Gasteiger partial charge in [-0.2, -0.15) is 4.98 Å². The smallest absolute Gasteiger partial charge is 0.261 e. The first kappa shape index (κ1) is 14.0. The average Bonchev–Trinajstić information content (AvgIpc) is 3.00. The van der Waals surface area contributed by atoms with Crippen molar-refractivity contribution in [1.82, 2.24) is 10.1 Å². The average molecular weight is 294 g/mol. The summed E-state index contributed by atoms with van der Waals surface area (Å²) in [7, 11) is 1.58. The van der Waals surface area contributed by atoms with Crippen molar-refractivity contribution < 1.29 is 23.5 Å². The van der Waals surface area contributed by atoms with Gasteiger partial charge in [-0.1, -0.05) is 5.16 Å². The Morgan fingerprint density at radius 2 is 2.10 bits per heavy atom. The van der Waals surface area contributed by atoms with Gasteiger partial charge in [0, 0.05) is 33.2 Å². The molecule has 3 rings (SSSR count). The Kier molecular flexibility index (Phi) is 3.60. The summed E-state index contributed by atoms with van der Waals surface area (Å²) in [5.41, 5.74) is -0.504. The van der Waals surface area contributed by atoms with Crippen LogP contribution >= 0.6 is 0 Å². The molecule has 0 aliphatic carbocycles. The van der Waals surface area contributed by atoms with Crippen LogP contribution in [0.25, 0.3) is 11.5 Å². The SMILES string of the molecule is COC1(c2noc(-c3cc(F)ccc3O)n2)CCOCC1. The summed E-state index contributed by atoms with van der Waals surface area (Å²) in [6, 6.07) is 3.55. The minimum atomic E-state index is -0.664. The largest absolute Gasteiger partial charge is 0.507 e. The van der Waals surface area contributed by atoms with Crippen molar-refractivity contribution in [2.24, 2.45) is 0 Å². The molecule has 0 unspecified atom stereocenters. The highest BCUT2D eigenvalue weighted by Gasteiger charge is 2.39. The summed E-state index contributed by atoms with van der Waals surface area (Å²) in [5, 5.41) is 13.7. The van der Waals surface area contributed by atoms with Crippen LogP contribution in [0.1, 0.15) is 18.7 Å². The number of methoxy groups -OCH3 is 1. The van der Waals surface area contributed by atoms with Gasteiger partial charge in [-0.3, -0.25) is 0 Å². The summed E-state index contributed by atoms with van der Waals surface area (Å²) in [6.07, 6.45) is 1.22. The standard InChI is InChI=1S/C14H15FN2O4/c1-19-14(4-6-20-7-5-14)13-16-12(21-17-13)10-8-9(15)2-3-11(10)18/h2-3,8,18H,4-7H2,1H3. The van der Waals surface area contributed by atoms with Crippen molar-refractivity contribution in [3.63, 3.8) is 0 Å². The Morgan fingerprint density at radius 3 is 2.81 bits per heavy atom. The van der Waals surface area contributed by atoms with Crippen LogP contribution in [0.4, 0.5) is 4.39 Å². The zero-order valence-electron chi connectivity index (χ0n) is 11.5. The molecule has 1 aromatic heterocycles. The van der Waals surface area contributed by atoms with Crippen LogP contribution in [0.15, 0.2) is 22.7 Å². The number of nitrogens with zero attached hydrogens (tertiary/aromatic N) is 2. The van der Waals surface area contributed by atoms with E-state index in [0.29, 0.717) is 31.9 Å². The van der Waals surface area contributed by atoms with Gasteiger partial charge in [0.2, 0.25) is 5.82 Å². The van der Waals surface area contributed by atoms with Crippen LogP contribution in [-0.4, -0.2) is 35.6 Å². The van der Waals surface area contributed by atoms with E-state index >= 15 is 0 Å². The Hall–Kier alpha value is -1.99. The molecule has 0 spiro atoms. The predicted molar refractivity (Wildman–Crippen MR) is 70.1 cm³/mol. The van der Waals surface area contributed by atoms with E-state index in [2.05, 4.69) is 10.1 Å². The second-order valence-corrected chi connectivity index (χ2v) is 4.90. The first-order valence-corrected chi connectivity index (χ1v) is 6.60. The van der Waals surface area contributed by atoms with Crippen molar-refractivity contribution in [2.45, 2.75) is 18.4 Å². The number of benzene rings is 1.